The molecule has 0 bridgehead atoms. The Hall–Kier alpha value is -4.10. The Labute approximate surface area is 218 Å². The van der Waals surface area contributed by atoms with Gasteiger partial charge in [-0.1, -0.05) is 76.6 Å². The SMILES string of the molecule is COC(=O)C[C@H](NC(=O)c1cc(Br)ccc1N)c1ccc(-c2ccccc2Oc2ccccc2)cc1. The number of rotatable bonds is 8. The van der Waals surface area contributed by atoms with Gasteiger partial charge in [-0.2, -0.15) is 0 Å². The molecule has 4 aromatic carbocycles. The topological polar surface area (TPSA) is 90.7 Å². The van der Waals surface area contributed by atoms with Crippen LogP contribution in [0.2, 0.25) is 0 Å². The number of carbonyl (C=O) groups is 2. The maximum Gasteiger partial charge on any atom is 0.307 e. The van der Waals surface area contributed by atoms with Crippen molar-refractivity contribution in [1.29, 1.82) is 0 Å². The molecule has 36 heavy (non-hydrogen) atoms. The van der Waals surface area contributed by atoms with Gasteiger partial charge in [-0.25, -0.2) is 0 Å². The van der Waals surface area contributed by atoms with Gasteiger partial charge in [0.2, 0.25) is 0 Å². The van der Waals surface area contributed by atoms with Gasteiger partial charge in [0, 0.05) is 15.7 Å². The highest BCUT2D eigenvalue weighted by atomic mass is 79.9. The number of halogens is 1. The maximum atomic E-state index is 13.0. The molecule has 0 spiro atoms. The van der Waals surface area contributed by atoms with Crippen LogP contribution in [0.5, 0.6) is 11.5 Å². The quantitative estimate of drug-likeness (QED) is 0.194. The number of anilines is 1. The third-order valence-corrected chi connectivity index (χ3v) is 6.14. The van der Waals surface area contributed by atoms with Gasteiger partial charge in [-0.3, -0.25) is 9.59 Å². The monoisotopic (exact) mass is 544 g/mol. The second-order valence-corrected chi connectivity index (χ2v) is 8.99. The molecule has 0 aromatic heterocycles. The van der Waals surface area contributed by atoms with E-state index in [9.17, 15) is 9.59 Å². The van der Waals surface area contributed by atoms with Crippen molar-refractivity contribution in [2.75, 3.05) is 12.8 Å². The van der Waals surface area contributed by atoms with E-state index in [0.717, 1.165) is 32.7 Å². The number of hydrogen-bond acceptors (Lipinski definition) is 5. The Balaban J connectivity index is 1.60. The predicted octanol–water partition coefficient (Wildman–Crippen LogP) is 6.52. The number of benzene rings is 4. The fourth-order valence-corrected chi connectivity index (χ4v) is 4.13. The highest BCUT2D eigenvalue weighted by Crippen LogP contribution is 2.34. The van der Waals surface area contributed by atoms with E-state index in [1.165, 1.54) is 7.11 Å². The number of amides is 1. The summed E-state index contributed by atoms with van der Waals surface area (Å²) in [6.45, 7) is 0. The average molecular weight is 545 g/mol. The molecule has 4 aromatic rings. The largest absolute Gasteiger partial charge is 0.469 e. The fraction of sp³-hybridized carbons (Fsp3) is 0.103. The minimum Gasteiger partial charge on any atom is -0.469 e. The summed E-state index contributed by atoms with van der Waals surface area (Å²) in [5.41, 5.74) is 9.28. The van der Waals surface area contributed by atoms with E-state index in [0.29, 0.717) is 11.3 Å². The number of nitrogens with one attached hydrogen (secondary N) is 1. The lowest BCUT2D eigenvalue weighted by Crippen LogP contribution is -2.31. The number of para-hydroxylation sites is 2. The van der Waals surface area contributed by atoms with Crippen molar-refractivity contribution in [2.45, 2.75) is 12.5 Å². The number of nitrogens with two attached hydrogens (primary N) is 1. The van der Waals surface area contributed by atoms with Crippen LogP contribution in [0.15, 0.2) is 102 Å². The fourth-order valence-electron chi connectivity index (χ4n) is 3.77. The van der Waals surface area contributed by atoms with E-state index >= 15 is 0 Å². The third-order valence-electron chi connectivity index (χ3n) is 5.65. The molecule has 0 radical (unpaired) electrons. The summed E-state index contributed by atoms with van der Waals surface area (Å²) in [7, 11) is 1.32. The van der Waals surface area contributed by atoms with Crippen LogP contribution in [-0.4, -0.2) is 19.0 Å². The van der Waals surface area contributed by atoms with Crippen LogP contribution in [-0.2, 0) is 9.53 Å². The molecule has 7 heteroatoms. The number of nitrogen functional groups attached to an aromatic ring is 1. The lowest BCUT2D eigenvalue weighted by atomic mass is 9.98. The van der Waals surface area contributed by atoms with Crippen LogP contribution >= 0.6 is 15.9 Å². The summed E-state index contributed by atoms with van der Waals surface area (Å²) in [6, 6.07) is 29.4. The van der Waals surface area contributed by atoms with E-state index in [1.54, 1.807) is 18.2 Å². The first-order valence-corrected chi connectivity index (χ1v) is 12.1. The summed E-state index contributed by atoms with van der Waals surface area (Å²) in [4.78, 5) is 25.1. The van der Waals surface area contributed by atoms with Gasteiger partial charge >= 0.3 is 5.97 Å². The van der Waals surface area contributed by atoms with Gasteiger partial charge in [-0.15, -0.1) is 0 Å². The number of esters is 1. The number of ether oxygens (including phenoxy) is 2. The van der Waals surface area contributed by atoms with Crippen molar-refractivity contribution >= 4 is 33.5 Å². The number of carbonyl (C=O) groups excluding carboxylic acids is 2. The first-order valence-electron chi connectivity index (χ1n) is 11.3. The highest BCUT2D eigenvalue weighted by molar-refractivity contribution is 9.10. The zero-order valence-corrected chi connectivity index (χ0v) is 21.2. The van der Waals surface area contributed by atoms with E-state index < -0.39 is 12.0 Å². The van der Waals surface area contributed by atoms with Crippen LogP contribution in [0, 0.1) is 0 Å². The van der Waals surface area contributed by atoms with Crippen molar-refractivity contribution in [3.8, 4) is 22.6 Å². The first-order chi connectivity index (χ1) is 17.4. The Morgan fingerprint density at radius 1 is 0.917 bits per heavy atom. The lowest BCUT2D eigenvalue weighted by Gasteiger charge is -2.20. The van der Waals surface area contributed by atoms with Crippen molar-refractivity contribution in [3.63, 3.8) is 0 Å². The van der Waals surface area contributed by atoms with Crippen molar-refractivity contribution in [2.24, 2.45) is 0 Å². The summed E-state index contributed by atoms with van der Waals surface area (Å²) < 4.78 is 11.7. The molecule has 0 aliphatic rings. The zero-order chi connectivity index (χ0) is 25.5. The molecule has 0 aliphatic carbocycles. The normalized spacial score (nSPS) is 11.4. The molecule has 3 N–H and O–H groups in total. The summed E-state index contributed by atoms with van der Waals surface area (Å²) in [6.07, 6.45) is -0.0246. The molecule has 0 saturated heterocycles. The van der Waals surface area contributed by atoms with Crippen molar-refractivity contribution in [3.05, 3.63) is 113 Å². The van der Waals surface area contributed by atoms with Crippen molar-refractivity contribution < 1.29 is 19.1 Å². The van der Waals surface area contributed by atoms with Crippen LogP contribution < -0.4 is 15.8 Å². The van der Waals surface area contributed by atoms with E-state index in [4.69, 9.17) is 15.2 Å². The van der Waals surface area contributed by atoms with E-state index in [2.05, 4.69) is 21.2 Å². The molecule has 1 atom stereocenters. The van der Waals surface area contributed by atoms with Gasteiger partial charge in [0.25, 0.3) is 5.91 Å². The molecular formula is C29H25BrN2O4. The molecule has 0 heterocycles. The summed E-state index contributed by atoms with van der Waals surface area (Å²) in [5.74, 6) is 0.650. The van der Waals surface area contributed by atoms with Crippen LogP contribution in [0.1, 0.15) is 28.4 Å². The zero-order valence-electron chi connectivity index (χ0n) is 19.6. The van der Waals surface area contributed by atoms with Gasteiger partial charge in [0.05, 0.1) is 25.1 Å². The van der Waals surface area contributed by atoms with Gasteiger partial charge in [0.15, 0.2) is 0 Å². The number of hydrogen-bond donors (Lipinski definition) is 2. The molecule has 6 nitrogen and oxygen atoms in total. The molecule has 0 aliphatic heterocycles. The average Bonchev–Trinajstić information content (AvgIpc) is 2.90. The third kappa shape index (κ3) is 6.12. The van der Waals surface area contributed by atoms with E-state index in [1.807, 2.05) is 78.9 Å². The minimum atomic E-state index is -0.604. The molecule has 4 rings (SSSR count). The van der Waals surface area contributed by atoms with Gasteiger partial charge < -0.3 is 20.5 Å². The highest BCUT2D eigenvalue weighted by Gasteiger charge is 2.21. The molecule has 182 valence electrons. The summed E-state index contributed by atoms with van der Waals surface area (Å²) >= 11 is 3.36. The minimum absolute atomic E-state index is 0.0246. The summed E-state index contributed by atoms with van der Waals surface area (Å²) in [5, 5.41) is 2.92. The van der Waals surface area contributed by atoms with Crippen LogP contribution in [0.25, 0.3) is 11.1 Å². The Morgan fingerprint density at radius 2 is 1.61 bits per heavy atom. The Kier molecular flexibility index (Phi) is 8.02. The molecule has 1 amide bonds. The molecule has 0 fully saturated rings. The molecule has 0 unspecified atom stereocenters. The van der Waals surface area contributed by atoms with E-state index in [-0.39, 0.29) is 12.3 Å². The standard InChI is InChI=1S/C29H25BrN2O4/c1-35-28(33)18-26(32-29(34)24-17-21(30)15-16-25(24)31)20-13-11-19(12-14-20)23-9-5-6-10-27(23)36-22-7-3-2-4-8-22/h2-17,26H,18,31H2,1H3,(H,32,34)/t26-/m0/s1. The lowest BCUT2D eigenvalue weighted by molar-refractivity contribution is -0.141. The first kappa shape index (κ1) is 25.0. The van der Waals surface area contributed by atoms with Gasteiger partial charge in [0.1, 0.15) is 11.5 Å². The van der Waals surface area contributed by atoms with Crippen LogP contribution in [0.3, 0.4) is 0 Å². The second kappa shape index (κ2) is 11.6. The molecule has 0 saturated carbocycles. The second-order valence-electron chi connectivity index (χ2n) is 8.07. The van der Waals surface area contributed by atoms with Crippen molar-refractivity contribution in [1.82, 2.24) is 5.32 Å². The predicted molar refractivity (Wildman–Crippen MR) is 144 cm³/mol. The Bertz CT molecular complexity index is 1360. The van der Waals surface area contributed by atoms with Crippen LogP contribution in [0.4, 0.5) is 5.69 Å². The number of methoxy groups -OCH3 is 1. The van der Waals surface area contributed by atoms with Gasteiger partial charge in [-0.05, 0) is 47.5 Å². The smallest absolute Gasteiger partial charge is 0.307 e. The maximum absolute atomic E-state index is 13.0. The molecular weight excluding hydrogens is 520 g/mol. The Morgan fingerprint density at radius 3 is 2.33 bits per heavy atom.